The molecule has 0 bridgehead atoms. The molecule has 0 aliphatic carbocycles. The van der Waals surface area contributed by atoms with Crippen molar-refractivity contribution in [2.45, 2.75) is 57.3 Å². The molecule has 0 fully saturated rings. The van der Waals surface area contributed by atoms with Crippen LogP contribution in [0.4, 0.5) is 0 Å². The monoisotopic (exact) mass is 278 g/mol. The molecular weight excluding hydrogens is 252 g/mol. The van der Waals surface area contributed by atoms with Gasteiger partial charge < -0.3 is 9.53 Å². The first-order valence-corrected chi connectivity index (χ1v) is 9.46. The minimum absolute atomic E-state index is 0.0182. The predicted molar refractivity (Wildman–Crippen MR) is 78.2 cm³/mol. The number of aliphatic hydroxyl groups is 1. The second-order valence-electron chi connectivity index (χ2n) is 6.22. The van der Waals surface area contributed by atoms with Crippen LogP contribution in [0.15, 0.2) is 12.7 Å². The predicted octanol–water partition coefficient (Wildman–Crippen LogP) is 3.80. The Morgan fingerprint density at radius 2 is 1.88 bits per heavy atom. The molecule has 0 radical (unpaired) electrons. The lowest BCUT2D eigenvalue weighted by Crippen LogP contribution is -2.43. The zero-order valence-electron chi connectivity index (χ0n) is 12.0. The summed E-state index contributed by atoms with van der Waals surface area (Å²) in [4.78, 5) is 0. The van der Waals surface area contributed by atoms with Gasteiger partial charge in [0.25, 0.3) is 0 Å². The molecule has 0 rings (SSSR count). The Morgan fingerprint density at radius 1 is 1.41 bits per heavy atom. The summed E-state index contributed by atoms with van der Waals surface area (Å²) in [5.41, 5.74) is 0. The molecular formula is C13H27ClO2Si. The van der Waals surface area contributed by atoms with E-state index in [-0.39, 0.29) is 11.0 Å². The Hall–Kier alpha value is 0.167. The summed E-state index contributed by atoms with van der Waals surface area (Å²) < 4.78 is 6.06. The Bertz CT molecular complexity index is 248. The van der Waals surface area contributed by atoms with E-state index in [0.717, 1.165) is 0 Å². The molecule has 102 valence electrons. The topological polar surface area (TPSA) is 29.5 Å². The van der Waals surface area contributed by atoms with Crippen molar-refractivity contribution in [3.63, 3.8) is 0 Å². The van der Waals surface area contributed by atoms with E-state index in [4.69, 9.17) is 16.0 Å². The molecule has 0 spiro atoms. The summed E-state index contributed by atoms with van der Waals surface area (Å²) >= 11 is 5.94. The van der Waals surface area contributed by atoms with Gasteiger partial charge in [0.2, 0.25) is 0 Å². The van der Waals surface area contributed by atoms with Crippen molar-refractivity contribution in [1.29, 1.82) is 0 Å². The quantitative estimate of drug-likeness (QED) is 0.455. The second kappa shape index (κ2) is 6.37. The average molecular weight is 279 g/mol. The summed E-state index contributed by atoms with van der Waals surface area (Å²) in [7, 11) is -1.74. The van der Waals surface area contributed by atoms with Gasteiger partial charge in [-0.05, 0) is 18.1 Å². The number of rotatable bonds is 6. The number of alkyl halides is 1. The van der Waals surface area contributed by atoms with Gasteiger partial charge >= 0.3 is 0 Å². The molecule has 0 aromatic carbocycles. The van der Waals surface area contributed by atoms with Crippen LogP contribution in [0.2, 0.25) is 18.1 Å². The van der Waals surface area contributed by atoms with Crippen LogP contribution in [-0.4, -0.2) is 31.5 Å². The van der Waals surface area contributed by atoms with Gasteiger partial charge in [-0.2, -0.15) is 0 Å². The Kier molecular flexibility index (Phi) is 6.43. The molecule has 0 aliphatic rings. The number of hydrogen-bond acceptors (Lipinski definition) is 2. The fourth-order valence-corrected chi connectivity index (χ4v) is 2.47. The maximum Gasteiger partial charge on any atom is 0.191 e. The van der Waals surface area contributed by atoms with E-state index in [1.54, 1.807) is 6.08 Å². The van der Waals surface area contributed by atoms with Gasteiger partial charge in [-0.25, -0.2) is 0 Å². The molecule has 17 heavy (non-hydrogen) atoms. The third-order valence-corrected chi connectivity index (χ3v) is 8.58. The Labute approximate surface area is 112 Å². The summed E-state index contributed by atoms with van der Waals surface area (Å²) in [6.07, 6.45) is 0.966. The Morgan fingerprint density at radius 3 is 2.24 bits per heavy atom. The van der Waals surface area contributed by atoms with Crippen molar-refractivity contribution in [3.8, 4) is 0 Å². The summed E-state index contributed by atoms with van der Waals surface area (Å²) in [6.45, 7) is 17.1. The molecule has 0 heterocycles. The first-order chi connectivity index (χ1) is 7.53. The fourth-order valence-electron chi connectivity index (χ4n) is 1.11. The lowest BCUT2D eigenvalue weighted by molar-refractivity contribution is 0.0849. The Balaban J connectivity index is 4.34. The maximum atomic E-state index is 9.92. The first kappa shape index (κ1) is 17.2. The molecule has 1 N–H and O–H groups in total. The van der Waals surface area contributed by atoms with E-state index in [2.05, 4.69) is 40.4 Å². The van der Waals surface area contributed by atoms with Crippen LogP contribution in [0.25, 0.3) is 0 Å². The van der Waals surface area contributed by atoms with Crippen LogP contribution in [0.5, 0.6) is 0 Å². The van der Waals surface area contributed by atoms with Crippen LogP contribution < -0.4 is 0 Å². The highest BCUT2D eigenvalue weighted by atomic mass is 35.5. The van der Waals surface area contributed by atoms with Crippen molar-refractivity contribution < 1.29 is 9.53 Å². The van der Waals surface area contributed by atoms with E-state index in [1.807, 2.05) is 6.92 Å². The zero-order chi connectivity index (χ0) is 13.9. The van der Waals surface area contributed by atoms with Crippen LogP contribution >= 0.6 is 11.6 Å². The molecule has 0 aromatic rings. The molecule has 3 atom stereocenters. The molecule has 0 saturated heterocycles. The van der Waals surface area contributed by atoms with Crippen LogP contribution in [0.3, 0.4) is 0 Å². The normalized spacial score (nSPS) is 18.6. The SMILES string of the molecule is C=C[C@H](Cl)[C@@H](O)[C@H](C)CO[Si](C)(C)C(C)(C)C. The second-order valence-corrected chi connectivity index (χ2v) is 11.5. The third kappa shape index (κ3) is 5.12. The molecule has 2 nitrogen and oxygen atoms in total. The van der Waals surface area contributed by atoms with Crippen LogP contribution in [-0.2, 0) is 4.43 Å². The molecule has 0 amide bonds. The summed E-state index contributed by atoms with van der Waals surface area (Å²) in [6, 6.07) is 0. The van der Waals surface area contributed by atoms with E-state index in [1.165, 1.54) is 0 Å². The molecule has 0 unspecified atom stereocenters. The van der Waals surface area contributed by atoms with Crippen molar-refractivity contribution in [2.24, 2.45) is 5.92 Å². The van der Waals surface area contributed by atoms with Crippen molar-refractivity contribution in [1.82, 2.24) is 0 Å². The first-order valence-electron chi connectivity index (χ1n) is 6.11. The van der Waals surface area contributed by atoms with E-state index in [0.29, 0.717) is 6.61 Å². The number of halogens is 1. The van der Waals surface area contributed by atoms with Gasteiger partial charge in [0, 0.05) is 12.5 Å². The highest BCUT2D eigenvalue weighted by Crippen LogP contribution is 2.36. The van der Waals surface area contributed by atoms with E-state index < -0.39 is 19.8 Å². The van der Waals surface area contributed by atoms with Gasteiger partial charge in [-0.3, -0.25) is 0 Å². The molecule has 0 aromatic heterocycles. The smallest absolute Gasteiger partial charge is 0.191 e. The largest absolute Gasteiger partial charge is 0.416 e. The minimum atomic E-state index is -1.74. The molecule has 0 aliphatic heterocycles. The van der Waals surface area contributed by atoms with E-state index in [9.17, 15) is 5.11 Å². The minimum Gasteiger partial charge on any atom is -0.416 e. The average Bonchev–Trinajstić information content (AvgIpc) is 2.22. The maximum absolute atomic E-state index is 9.92. The van der Waals surface area contributed by atoms with Gasteiger partial charge in [0.05, 0.1) is 11.5 Å². The zero-order valence-corrected chi connectivity index (χ0v) is 13.7. The third-order valence-electron chi connectivity index (χ3n) is 3.65. The highest BCUT2D eigenvalue weighted by molar-refractivity contribution is 6.74. The standard InChI is InChI=1S/C13H27ClO2Si/c1-8-11(14)12(15)10(2)9-16-17(6,7)13(3,4)5/h8,10-12,15H,1,9H2,2-7H3/t10-,11+,12+/m1/s1. The van der Waals surface area contributed by atoms with Crippen molar-refractivity contribution >= 4 is 19.9 Å². The van der Waals surface area contributed by atoms with Crippen LogP contribution in [0, 0.1) is 5.92 Å². The summed E-state index contributed by atoms with van der Waals surface area (Å²) in [5.74, 6) is 0.0182. The number of hydrogen-bond donors (Lipinski definition) is 1. The van der Waals surface area contributed by atoms with Crippen molar-refractivity contribution in [3.05, 3.63) is 12.7 Å². The van der Waals surface area contributed by atoms with Gasteiger partial charge in [0.15, 0.2) is 8.32 Å². The summed E-state index contributed by atoms with van der Waals surface area (Å²) in [5, 5.41) is 9.70. The van der Waals surface area contributed by atoms with Gasteiger partial charge in [0.1, 0.15) is 0 Å². The van der Waals surface area contributed by atoms with Gasteiger partial charge in [-0.15, -0.1) is 18.2 Å². The highest BCUT2D eigenvalue weighted by Gasteiger charge is 2.37. The van der Waals surface area contributed by atoms with Crippen LogP contribution in [0.1, 0.15) is 27.7 Å². The van der Waals surface area contributed by atoms with Gasteiger partial charge in [-0.1, -0.05) is 33.8 Å². The molecule has 0 saturated carbocycles. The lowest BCUT2D eigenvalue weighted by atomic mass is 10.0. The van der Waals surface area contributed by atoms with Crippen molar-refractivity contribution in [2.75, 3.05) is 6.61 Å². The molecule has 4 heteroatoms. The van der Waals surface area contributed by atoms with E-state index >= 15 is 0 Å². The number of aliphatic hydroxyl groups excluding tert-OH is 1. The fraction of sp³-hybridized carbons (Fsp3) is 0.846. The lowest BCUT2D eigenvalue weighted by Gasteiger charge is -2.37.